The molecule has 2 aromatic carbocycles. The van der Waals surface area contributed by atoms with Crippen molar-refractivity contribution in [2.45, 2.75) is 13.1 Å². The molecule has 0 unspecified atom stereocenters. The Hall–Kier alpha value is -3.07. The summed E-state index contributed by atoms with van der Waals surface area (Å²) in [6, 6.07) is 13.1. The Morgan fingerprint density at radius 1 is 1.17 bits per heavy atom. The Labute approximate surface area is 137 Å². The first-order valence-corrected chi connectivity index (χ1v) is 6.96. The van der Waals surface area contributed by atoms with Crippen LogP contribution in [0.3, 0.4) is 0 Å². The third-order valence-electron chi connectivity index (χ3n) is 3.20. The maximum Gasteiger partial charge on any atom is 0.416 e. The number of nitrogens with zero attached hydrogens (tertiary/aromatic N) is 1. The Morgan fingerprint density at radius 3 is 2.42 bits per heavy atom. The average molecular weight is 330 g/mol. The highest BCUT2D eigenvalue weighted by Gasteiger charge is 2.30. The van der Waals surface area contributed by atoms with E-state index in [-0.39, 0.29) is 11.1 Å². The number of amides is 1. The molecule has 1 N–H and O–H groups in total. The van der Waals surface area contributed by atoms with Gasteiger partial charge in [-0.05, 0) is 42.8 Å². The molecule has 6 heteroatoms. The van der Waals surface area contributed by atoms with Crippen LogP contribution in [0.1, 0.15) is 16.7 Å². The van der Waals surface area contributed by atoms with Crippen molar-refractivity contribution in [1.82, 2.24) is 0 Å². The van der Waals surface area contributed by atoms with Gasteiger partial charge in [0.2, 0.25) is 0 Å². The van der Waals surface area contributed by atoms with Gasteiger partial charge in [0.15, 0.2) is 0 Å². The maximum atomic E-state index is 12.7. The molecule has 0 bridgehead atoms. The Kier molecular flexibility index (Phi) is 5.05. The van der Waals surface area contributed by atoms with E-state index in [2.05, 4.69) is 5.32 Å². The standard InChI is InChI=1S/C18H13F3N2O/c1-12-5-7-16(8-6-12)23-17(24)14(11-22)9-13-3-2-4-15(10-13)18(19,20)21/h2-10H,1H3,(H,23,24). The van der Waals surface area contributed by atoms with Crippen molar-refractivity contribution in [2.24, 2.45) is 0 Å². The first kappa shape index (κ1) is 17.3. The quantitative estimate of drug-likeness (QED) is 0.662. The van der Waals surface area contributed by atoms with Gasteiger partial charge in [-0.15, -0.1) is 0 Å². The molecule has 24 heavy (non-hydrogen) atoms. The molecule has 0 aliphatic carbocycles. The summed E-state index contributed by atoms with van der Waals surface area (Å²) in [5.74, 6) is -0.682. The topological polar surface area (TPSA) is 52.9 Å². The van der Waals surface area contributed by atoms with Gasteiger partial charge in [0.25, 0.3) is 5.91 Å². The van der Waals surface area contributed by atoms with Crippen molar-refractivity contribution >= 4 is 17.7 Å². The number of carbonyl (C=O) groups is 1. The lowest BCUT2D eigenvalue weighted by Gasteiger charge is -2.07. The van der Waals surface area contributed by atoms with Crippen LogP contribution in [0.5, 0.6) is 0 Å². The molecular formula is C18H13F3N2O. The minimum Gasteiger partial charge on any atom is -0.321 e. The number of nitrogens with one attached hydrogen (secondary N) is 1. The molecule has 2 aromatic rings. The minimum atomic E-state index is -4.49. The predicted octanol–water partition coefficient (Wildman–Crippen LogP) is 4.56. The summed E-state index contributed by atoms with van der Waals surface area (Å²) in [6.45, 7) is 1.89. The van der Waals surface area contributed by atoms with Gasteiger partial charge in [-0.2, -0.15) is 18.4 Å². The molecule has 0 atom stereocenters. The zero-order chi connectivity index (χ0) is 17.7. The molecule has 0 fully saturated rings. The van der Waals surface area contributed by atoms with Crippen LogP contribution in [0.15, 0.2) is 54.1 Å². The SMILES string of the molecule is Cc1ccc(NC(=O)C(C#N)=Cc2cccc(C(F)(F)F)c2)cc1. The Balaban J connectivity index is 2.24. The van der Waals surface area contributed by atoms with Crippen molar-refractivity contribution in [3.8, 4) is 6.07 Å². The number of alkyl halides is 3. The molecule has 122 valence electrons. The first-order valence-electron chi connectivity index (χ1n) is 6.96. The molecule has 1 amide bonds. The fourth-order valence-electron chi connectivity index (χ4n) is 1.96. The summed E-state index contributed by atoms with van der Waals surface area (Å²) in [5.41, 5.74) is 0.506. The molecular weight excluding hydrogens is 317 g/mol. The monoisotopic (exact) mass is 330 g/mol. The van der Waals surface area contributed by atoms with E-state index in [1.165, 1.54) is 12.1 Å². The second-order valence-corrected chi connectivity index (χ2v) is 5.11. The number of anilines is 1. The molecule has 0 aromatic heterocycles. The largest absolute Gasteiger partial charge is 0.416 e. The van der Waals surface area contributed by atoms with E-state index in [1.807, 2.05) is 6.92 Å². The number of rotatable bonds is 3. The van der Waals surface area contributed by atoms with E-state index in [0.717, 1.165) is 23.8 Å². The fraction of sp³-hybridized carbons (Fsp3) is 0.111. The van der Waals surface area contributed by atoms with Crippen LogP contribution >= 0.6 is 0 Å². The summed E-state index contributed by atoms with van der Waals surface area (Å²) in [4.78, 5) is 12.1. The number of nitriles is 1. The highest BCUT2D eigenvalue weighted by atomic mass is 19.4. The van der Waals surface area contributed by atoms with Gasteiger partial charge in [-0.25, -0.2) is 0 Å². The van der Waals surface area contributed by atoms with Crippen molar-refractivity contribution in [1.29, 1.82) is 5.26 Å². The zero-order valence-corrected chi connectivity index (χ0v) is 12.7. The number of aryl methyl sites for hydroxylation is 1. The third-order valence-corrected chi connectivity index (χ3v) is 3.20. The van der Waals surface area contributed by atoms with Gasteiger partial charge >= 0.3 is 6.18 Å². The second-order valence-electron chi connectivity index (χ2n) is 5.11. The van der Waals surface area contributed by atoms with Crippen LogP contribution in [-0.2, 0) is 11.0 Å². The van der Waals surface area contributed by atoms with E-state index in [0.29, 0.717) is 5.69 Å². The van der Waals surface area contributed by atoms with Gasteiger partial charge < -0.3 is 5.32 Å². The molecule has 0 saturated heterocycles. The summed E-state index contributed by atoms with van der Waals surface area (Å²) in [6.07, 6.45) is -3.36. The molecule has 3 nitrogen and oxygen atoms in total. The first-order chi connectivity index (χ1) is 11.3. The normalized spacial score (nSPS) is 11.7. The van der Waals surface area contributed by atoms with E-state index in [4.69, 9.17) is 5.26 Å². The van der Waals surface area contributed by atoms with Gasteiger partial charge in [-0.1, -0.05) is 29.8 Å². The van der Waals surface area contributed by atoms with Crippen molar-refractivity contribution < 1.29 is 18.0 Å². The van der Waals surface area contributed by atoms with Crippen LogP contribution in [0.4, 0.5) is 18.9 Å². The van der Waals surface area contributed by atoms with Crippen LogP contribution in [-0.4, -0.2) is 5.91 Å². The summed E-state index contributed by atoms with van der Waals surface area (Å²) < 4.78 is 38.1. The van der Waals surface area contributed by atoms with E-state index in [1.54, 1.807) is 30.3 Å². The Morgan fingerprint density at radius 2 is 1.83 bits per heavy atom. The molecule has 2 rings (SSSR count). The average Bonchev–Trinajstić information content (AvgIpc) is 2.54. The zero-order valence-electron chi connectivity index (χ0n) is 12.7. The van der Waals surface area contributed by atoms with E-state index in [9.17, 15) is 18.0 Å². The van der Waals surface area contributed by atoms with E-state index < -0.39 is 17.6 Å². The summed E-state index contributed by atoms with van der Waals surface area (Å²) >= 11 is 0. The second kappa shape index (κ2) is 7.01. The smallest absolute Gasteiger partial charge is 0.321 e. The number of carbonyl (C=O) groups excluding carboxylic acids is 1. The van der Waals surface area contributed by atoms with Crippen LogP contribution in [0.25, 0.3) is 6.08 Å². The van der Waals surface area contributed by atoms with Crippen LogP contribution < -0.4 is 5.32 Å². The van der Waals surface area contributed by atoms with Crippen LogP contribution in [0.2, 0.25) is 0 Å². The van der Waals surface area contributed by atoms with Gasteiger partial charge in [0.1, 0.15) is 11.6 Å². The third kappa shape index (κ3) is 4.46. The number of benzene rings is 2. The lowest BCUT2D eigenvalue weighted by atomic mass is 10.1. The summed E-state index contributed by atoms with van der Waals surface area (Å²) in [5, 5.41) is 11.6. The molecule has 0 aliphatic rings. The molecule has 0 saturated carbocycles. The van der Waals surface area contributed by atoms with Gasteiger partial charge in [0.05, 0.1) is 5.56 Å². The number of halogens is 3. The molecule has 0 heterocycles. The predicted molar refractivity (Wildman–Crippen MR) is 84.8 cm³/mol. The van der Waals surface area contributed by atoms with Crippen molar-refractivity contribution in [2.75, 3.05) is 5.32 Å². The lowest BCUT2D eigenvalue weighted by Crippen LogP contribution is -2.13. The fourth-order valence-corrected chi connectivity index (χ4v) is 1.96. The summed E-state index contributed by atoms with van der Waals surface area (Å²) in [7, 11) is 0. The van der Waals surface area contributed by atoms with Crippen LogP contribution in [0, 0.1) is 18.3 Å². The van der Waals surface area contributed by atoms with Crippen molar-refractivity contribution in [3.63, 3.8) is 0 Å². The molecule has 0 spiro atoms. The number of hydrogen-bond acceptors (Lipinski definition) is 2. The highest BCUT2D eigenvalue weighted by Crippen LogP contribution is 2.30. The lowest BCUT2D eigenvalue weighted by molar-refractivity contribution is -0.137. The van der Waals surface area contributed by atoms with Crippen molar-refractivity contribution in [3.05, 3.63) is 70.8 Å². The maximum absolute atomic E-state index is 12.7. The van der Waals surface area contributed by atoms with E-state index >= 15 is 0 Å². The Bertz CT molecular complexity index is 815. The molecule has 0 radical (unpaired) electrons. The highest BCUT2D eigenvalue weighted by molar-refractivity contribution is 6.09. The molecule has 0 aliphatic heterocycles. The van der Waals surface area contributed by atoms with Gasteiger partial charge in [-0.3, -0.25) is 4.79 Å². The van der Waals surface area contributed by atoms with Gasteiger partial charge in [0, 0.05) is 5.69 Å². The minimum absolute atomic E-state index is 0.125. The number of hydrogen-bond donors (Lipinski definition) is 1.